The van der Waals surface area contributed by atoms with Gasteiger partial charge in [-0.1, -0.05) is 31.5 Å². The molecular formula is C16H28N2O. The first-order valence-electron chi connectivity index (χ1n) is 7.11. The van der Waals surface area contributed by atoms with Gasteiger partial charge in [-0.05, 0) is 32.9 Å². The number of rotatable bonds is 7. The molecule has 2 N–H and O–H groups in total. The zero-order valence-corrected chi connectivity index (χ0v) is 12.9. The van der Waals surface area contributed by atoms with Crippen LogP contribution in [0.3, 0.4) is 0 Å². The third-order valence-electron chi connectivity index (χ3n) is 3.20. The van der Waals surface area contributed by atoms with Crippen LogP contribution in [-0.2, 0) is 0 Å². The minimum absolute atomic E-state index is 0.390. The summed E-state index contributed by atoms with van der Waals surface area (Å²) in [7, 11) is 0. The Morgan fingerprint density at radius 3 is 2.32 bits per heavy atom. The van der Waals surface area contributed by atoms with E-state index in [1.165, 1.54) is 5.56 Å². The summed E-state index contributed by atoms with van der Waals surface area (Å²) in [6.45, 7) is 12.4. The number of likely N-dealkylation sites (N-methyl/N-ethyl adjacent to an activating group) is 1. The summed E-state index contributed by atoms with van der Waals surface area (Å²) in [6, 6.07) is 8.84. The monoisotopic (exact) mass is 264 g/mol. The van der Waals surface area contributed by atoms with Crippen molar-refractivity contribution >= 4 is 5.69 Å². The molecule has 0 aromatic heterocycles. The minimum atomic E-state index is -0.731. The smallest absolute Gasteiger partial charge is 0.0917 e. The first-order valence-corrected chi connectivity index (χ1v) is 7.11. The maximum absolute atomic E-state index is 10.5. The van der Waals surface area contributed by atoms with Gasteiger partial charge in [-0.3, -0.25) is 0 Å². The number of nitrogens with zero attached hydrogens (tertiary/aromatic N) is 1. The van der Waals surface area contributed by atoms with Crippen molar-refractivity contribution in [3.05, 3.63) is 29.8 Å². The van der Waals surface area contributed by atoms with Crippen molar-refractivity contribution in [3.8, 4) is 0 Å². The topological polar surface area (TPSA) is 35.5 Å². The standard InChI is InChI=1S/C16H28N2O/c1-6-18(15-9-7-14(4)8-10-15)12-16(5,19)11-17-13(2)3/h7-10,13,17,19H,6,11-12H2,1-5H3. The van der Waals surface area contributed by atoms with Crippen molar-refractivity contribution in [1.82, 2.24) is 5.32 Å². The van der Waals surface area contributed by atoms with E-state index in [-0.39, 0.29) is 0 Å². The van der Waals surface area contributed by atoms with E-state index in [0.717, 1.165) is 12.2 Å². The molecule has 1 atom stereocenters. The second-order valence-corrected chi connectivity index (χ2v) is 5.88. The molecule has 0 fully saturated rings. The lowest BCUT2D eigenvalue weighted by Gasteiger charge is -2.33. The summed E-state index contributed by atoms with van der Waals surface area (Å²) >= 11 is 0. The molecular weight excluding hydrogens is 236 g/mol. The number of anilines is 1. The van der Waals surface area contributed by atoms with Crippen molar-refractivity contribution in [3.63, 3.8) is 0 Å². The molecule has 1 aromatic carbocycles. The Bertz CT molecular complexity index is 371. The first kappa shape index (κ1) is 16.0. The highest BCUT2D eigenvalue weighted by Gasteiger charge is 2.23. The van der Waals surface area contributed by atoms with E-state index in [0.29, 0.717) is 19.1 Å². The second kappa shape index (κ2) is 6.92. The SMILES string of the molecule is CCN(CC(C)(O)CNC(C)C)c1ccc(C)cc1. The molecule has 0 aliphatic rings. The van der Waals surface area contributed by atoms with Crippen molar-refractivity contribution < 1.29 is 5.11 Å². The molecule has 0 aliphatic heterocycles. The van der Waals surface area contributed by atoms with Gasteiger partial charge in [0.15, 0.2) is 0 Å². The van der Waals surface area contributed by atoms with Crippen molar-refractivity contribution in [2.75, 3.05) is 24.5 Å². The summed E-state index contributed by atoms with van der Waals surface area (Å²) in [6.07, 6.45) is 0. The summed E-state index contributed by atoms with van der Waals surface area (Å²) in [5, 5.41) is 13.8. The van der Waals surface area contributed by atoms with Gasteiger partial charge in [-0.15, -0.1) is 0 Å². The minimum Gasteiger partial charge on any atom is -0.387 e. The lowest BCUT2D eigenvalue weighted by Crippen LogP contribution is -2.49. The Morgan fingerprint density at radius 1 is 1.26 bits per heavy atom. The number of hydrogen-bond acceptors (Lipinski definition) is 3. The van der Waals surface area contributed by atoms with Crippen LogP contribution in [0.1, 0.15) is 33.3 Å². The summed E-state index contributed by atoms with van der Waals surface area (Å²) < 4.78 is 0. The van der Waals surface area contributed by atoms with Gasteiger partial charge in [0.05, 0.1) is 5.60 Å². The fraction of sp³-hybridized carbons (Fsp3) is 0.625. The Balaban J connectivity index is 2.67. The first-order chi connectivity index (χ1) is 8.84. The molecule has 3 nitrogen and oxygen atoms in total. The van der Waals surface area contributed by atoms with Crippen LogP contribution in [0.5, 0.6) is 0 Å². The second-order valence-electron chi connectivity index (χ2n) is 5.88. The van der Waals surface area contributed by atoms with Gasteiger partial charge in [0, 0.05) is 31.4 Å². The van der Waals surface area contributed by atoms with Crippen LogP contribution in [-0.4, -0.2) is 36.4 Å². The third-order valence-corrected chi connectivity index (χ3v) is 3.20. The lowest BCUT2D eigenvalue weighted by molar-refractivity contribution is 0.0647. The van der Waals surface area contributed by atoms with E-state index in [9.17, 15) is 5.11 Å². The predicted octanol–water partition coefficient (Wildman–Crippen LogP) is 2.57. The highest BCUT2D eigenvalue weighted by atomic mass is 16.3. The van der Waals surface area contributed by atoms with Crippen LogP contribution in [0.15, 0.2) is 24.3 Å². The molecule has 1 aromatic rings. The normalized spacial score (nSPS) is 14.5. The maximum atomic E-state index is 10.5. The summed E-state index contributed by atoms with van der Waals surface area (Å²) in [5.41, 5.74) is 1.69. The van der Waals surface area contributed by atoms with Gasteiger partial charge >= 0.3 is 0 Å². The molecule has 0 spiro atoms. The highest BCUT2D eigenvalue weighted by Crippen LogP contribution is 2.17. The molecule has 108 valence electrons. The average Bonchev–Trinajstić information content (AvgIpc) is 2.35. The van der Waals surface area contributed by atoms with Crippen LogP contribution in [0.2, 0.25) is 0 Å². The van der Waals surface area contributed by atoms with E-state index in [4.69, 9.17) is 0 Å². The molecule has 0 aliphatic carbocycles. The van der Waals surface area contributed by atoms with Gasteiger partial charge in [0.2, 0.25) is 0 Å². The molecule has 0 saturated carbocycles. The zero-order valence-electron chi connectivity index (χ0n) is 12.9. The maximum Gasteiger partial charge on any atom is 0.0917 e. The summed E-state index contributed by atoms with van der Waals surface area (Å²) in [4.78, 5) is 2.21. The molecule has 0 amide bonds. The number of aryl methyl sites for hydroxylation is 1. The lowest BCUT2D eigenvalue weighted by atomic mass is 10.1. The van der Waals surface area contributed by atoms with Crippen LogP contribution in [0, 0.1) is 6.92 Å². The fourth-order valence-electron chi connectivity index (χ4n) is 2.03. The van der Waals surface area contributed by atoms with Gasteiger partial charge in [0.1, 0.15) is 0 Å². The van der Waals surface area contributed by atoms with Crippen molar-refractivity contribution in [1.29, 1.82) is 0 Å². The number of aliphatic hydroxyl groups is 1. The van der Waals surface area contributed by atoms with Crippen molar-refractivity contribution in [2.45, 2.75) is 46.3 Å². The van der Waals surface area contributed by atoms with Crippen LogP contribution < -0.4 is 10.2 Å². The number of benzene rings is 1. The molecule has 1 rings (SSSR count). The van der Waals surface area contributed by atoms with Crippen molar-refractivity contribution in [2.24, 2.45) is 0 Å². The highest BCUT2D eigenvalue weighted by molar-refractivity contribution is 5.47. The quantitative estimate of drug-likeness (QED) is 0.794. The molecule has 0 bridgehead atoms. The zero-order chi connectivity index (χ0) is 14.5. The van der Waals surface area contributed by atoms with Crippen LogP contribution >= 0.6 is 0 Å². The molecule has 0 saturated heterocycles. The van der Waals surface area contributed by atoms with Gasteiger partial charge in [-0.2, -0.15) is 0 Å². The Hall–Kier alpha value is -1.06. The van der Waals surface area contributed by atoms with Gasteiger partial charge in [0.25, 0.3) is 0 Å². The summed E-state index contributed by atoms with van der Waals surface area (Å²) in [5.74, 6) is 0. The number of hydrogen-bond donors (Lipinski definition) is 2. The van der Waals surface area contributed by atoms with E-state index in [2.05, 4.69) is 62.2 Å². The van der Waals surface area contributed by atoms with E-state index < -0.39 is 5.60 Å². The van der Waals surface area contributed by atoms with Crippen LogP contribution in [0.4, 0.5) is 5.69 Å². The predicted molar refractivity (Wildman–Crippen MR) is 82.8 cm³/mol. The fourth-order valence-corrected chi connectivity index (χ4v) is 2.03. The Kier molecular flexibility index (Phi) is 5.83. The van der Waals surface area contributed by atoms with Gasteiger partial charge in [-0.25, -0.2) is 0 Å². The third kappa shape index (κ3) is 5.62. The average molecular weight is 264 g/mol. The molecule has 3 heteroatoms. The molecule has 0 radical (unpaired) electrons. The van der Waals surface area contributed by atoms with Gasteiger partial charge < -0.3 is 15.3 Å². The Labute approximate surface area is 117 Å². The molecule has 0 heterocycles. The largest absolute Gasteiger partial charge is 0.387 e. The van der Waals surface area contributed by atoms with E-state index >= 15 is 0 Å². The van der Waals surface area contributed by atoms with E-state index in [1.54, 1.807) is 0 Å². The van der Waals surface area contributed by atoms with Crippen LogP contribution in [0.25, 0.3) is 0 Å². The van der Waals surface area contributed by atoms with E-state index in [1.807, 2.05) is 6.92 Å². The molecule has 1 unspecified atom stereocenters. The Morgan fingerprint density at radius 2 is 1.84 bits per heavy atom. The molecule has 19 heavy (non-hydrogen) atoms. The number of nitrogens with one attached hydrogen (secondary N) is 1.